The molecular weight excluding hydrogens is 332 g/mol. The van der Waals surface area contributed by atoms with E-state index in [-0.39, 0.29) is 0 Å². The number of aryl methyl sites for hydroxylation is 1. The highest BCUT2D eigenvalue weighted by atomic mass is 32.1. The third-order valence-electron chi connectivity index (χ3n) is 4.15. The van der Waals surface area contributed by atoms with Gasteiger partial charge in [-0.05, 0) is 30.5 Å². The summed E-state index contributed by atoms with van der Waals surface area (Å²) in [6.45, 7) is 3.03. The Kier molecular flexibility index (Phi) is 4.43. The number of fused-ring (bicyclic) bond motifs is 1. The van der Waals surface area contributed by atoms with Gasteiger partial charge in [0.25, 0.3) is 0 Å². The molecular formula is C20H19N2S2+. The minimum Gasteiger partial charge on any atom is -0.330 e. The molecule has 2 aromatic carbocycles. The Hall–Kier alpha value is -2.01. The van der Waals surface area contributed by atoms with Gasteiger partial charge in [0.15, 0.2) is 0 Å². The maximum absolute atomic E-state index is 4.76. The largest absolute Gasteiger partial charge is 0.330 e. The summed E-state index contributed by atoms with van der Waals surface area (Å²) in [6, 6.07) is 21.9. The van der Waals surface area contributed by atoms with Crippen molar-refractivity contribution in [2.45, 2.75) is 19.5 Å². The number of para-hydroxylation sites is 1. The van der Waals surface area contributed by atoms with E-state index in [4.69, 9.17) is 4.98 Å². The molecule has 120 valence electrons. The first kappa shape index (κ1) is 15.5. The molecule has 1 atom stereocenters. The fourth-order valence-electron chi connectivity index (χ4n) is 2.88. The molecule has 0 fully saturated rings. The molecule has 4 heteroatoms. The van der Waals surface area contributed by atoms with Crippen LogP contribution in [0.15, 0.2) is 66.0 Å². The monoisotopic (exact) mass is 351 g/mol. The molecule has 2 aromatic heterocycles. The first-order valence-corrected chi connectivity index (χ1v) is 9.77. The zero-order chi connectivity index (χ0) is 16.4. The smallest absolute Gasteiger partial charge is 0.148 e. The predicted molar refractivity (Wildman–Crippen MR) is 103 cm³/mol. The quantitative estimate of drug-likeness (QED) is 0.563. The lowest BCUT2D eigenvalue weighted by Gasteiger charge is -2.14. The molecule has 24 heavy (non-hydrogen) atoms. The first-order valence-electron chi connectivity index (χ1n) is 8.07. The highest BCUT2D eigenvalue weighted by Gasteiger charge is 2.19. The van der Waals surface area contributed by atoms with E-state index in [9.17, 15) is 0 Å². The van der Waals surface area contributed by atoms with E-state index >= 15 is 0 Å². The summed E-state index contributed by atoms with van der Waals surface area (Å²) in [6.07, 6.45) is 0. The molecule has 0 aliphatic heterocycles. The zero-order valence-electron chi connectivity index (χ0n) is 13.5. The Morgan fingerprint density at radius 3 is 2.58 bits per heavy atom. The number of nitrogens with zero attached hydrogens (tertiary/aromatic N) is 1. The summed E-state index contributed by atoms with van der Waals surface area (Å²) in [5, 5.41) is 5.74. The minimum absolute atomic E-state index is 0.331. The average Bonchev–Trinajstić information content (AvgIpc) is 3.26. The van der Waals surface area contributed by atoms with Gasteiger partial charge in [-0.1, -0.05) is 48.0 Å². The Bertz CT molecular complexity index is 891. The standard InChI is InChI=1S/C20H18N2S2/c1-14-8-10-15(11-9-14)20(18-7-4-12-23-18)21-13-19-22-16-5-2-3-6-17(16)24-19/h2-12,20-21H,13H2,1H3/p+1/t20-/m1/s1. The third kappa shape index (κ3) is 3.26. The summed E-state index contributed by atoms with van der Waals surface area (Å²) in [4.78, 5) is 6.15. The normalized spacial score (nSPS) is 12.5. The van der Waals surface area contributed by atoms with Crippen molar-refractivity contribution in [1.29, 1.82) is 0 Å². The molecule has 0 amide bonds. The van der Waals surface area contributed by atoms with Crippen LogP contribution in [0.4, 0.5) is 0 Å². The van der Waals surface area contributed by atoms with Gasteiger partial charge in [-0.15, -0.1) is 22.7 Å². The van der Waals surface area contributed by atoms with Gasteiger partial charge in [0, 0.05) is 5.56 Å². The molecule has 0 saturated heterocycles. The van der Waals surface area contributed by atoms with Crippen LogP contribution in [0.1, 0.15) is 27.1 Å². The predicted octanol–water partition coefficient (Wildman–Crippen LogP) is 4.52. The van der Waals surface area contributed by atoms with Crippen LogP contribution in [0.2, 0.25) is 0 Å². The highest BCUT2D eigenvalue weighted by Crippen LogP contribution is 2.24. The zero-order valence-corrected chi connectivity index (χ0v) is 15.1. The Balaban J connectivity index is 1.58. The van der Waals surface area contributed by atoms with E-state index in [1.165, 1.54) is 25.7 Å². The molecule has 0 radical (unpaired) electrons. The number of thiazole rings is 1. The Labute approximate surface area is 149 Å². The van der Waals surface area contributed by atoms with Gasteiger partial charge >= 0.3 is 0 Å². The van der Waals surface area contributed by atoms with E-state index in [2.05, 4.69) is 78.3 Å². The van der Waals surface area contributed by atoms with Gasteiger partial charge < -0.3 is 5.32 Å². The van der Waals surface area contributed by atoms with Crippen LogP contribution in [0.5, 0.6) is 0 Å². The van der Waals surface area contributed by atoms with Crippen molar-refractivity contribution in [1.82, 2.24) is 4.98 Å². The molecule has 0 bridgehead atoms. The molecule has 4 aromatic rings. The van der Waals surface area contributed by atoms with Crippen molar-refractivity contribution in [3.63, 3.8) is 0 Å². The minimum atomic E-state index is 0.331. The lowest BCUT2D eigenvalue weighted by molar-refractivity contribution is -0.701. The summed E-state index contributed by atoms with van der Waals surface area (Å²) in [7, 11) is 0. The molecule has 2 N–H and O–H groups in total. The van der Waals surface area contributed by atoms with Gasteiger partial charge in [0.05, 0.1) is 15.1 Å². The SMILES string of the molecule is Cc1ccc([C@@H]([NH2+]Cc2nc3ccccc3s2)c2cccs2)cc1. The van der Waals surface area contributed by atoms with E-state index in [1.54, 1.807) is 11.3 Å². The topological polar surface area (TPSA) is 29.5 Å². The second kappa shape index (κ2) is 6.85. The van der Waals surface area contributed by atoms with Crippen LogP contribution < -0.4 is 5.32 Å². The summed E-state index contributed by atoms with van der Waals surface area (Å²) in [5.41, 5.74) is 3.76. The number of rotatable bonds is 5. The number of aromatic nitrogens is 1. The lowest BCUT2D eigenvalue weighted by atomic mass is 10.0. The van der Waals surface area contributed by atoms with E-state index < -0.39 is 0 Å². The molecule has 0 aliphatic carbocycles. The Morgan fingerprint density at radius 1 is 1.00 bits per heavy atom. The Morgan fingerprint density at radius 2 is 1.83 bits per heavy atom. The number of hydrogen-bond donors (Lipinski definition) is 1. The molecule has 0 spiro atoms. The van der Waals surface area contributed by atoms with Gasteiger partial charge in [-0.25, -0.2) is 4.98 Å². The van der Waals surface area contributed by atoms with Gasteiger partial charge in [-0.3, -0.25) is 0 Å². The highest BCUT2D eigenvalue weighted by molar-refractivity contribution is 7.18. The van der Waals surface area contributed by atoms with Crippen LogP contribution in [0.25, 0.3) is 10.2 Å². The van der Waals surface area contributed by atoms with E-state index in [0.29, 0.717) is 6.04 Å². The van der Waals surface area contributed by atoms with Crippen LogP contribution in [-0.4, -0.2) is 4.98 Å². The number of quaternary nitrogens is 1. The van der Waals surface area contributed by atoms with Crippen molar-refractivity contribution in [2.75, 3.05) is 0 Å². The molecule has 2 heterocycles. The molecule has 0 unspecified atom stereocenters. The molecule has 2 nitrogen and oxygen atoms in total. The van der Waals surface area contributed by atoms with Crippen LogP contribution in [0, 0.1) is 6.92 Å². The van der Waals surface area contributed by atoms with E-state index in [0.717, 1.165) is 12.1 Å². The number of nitrogens with two attached hydrogens (primary N) is 1. The van der Waals surface area contributed by atoms with Crippen LogP contribution in [-0.2, 0) is 6.54 Å². The van der Waals surface area contributed by atoms with Crippen molar-refractivity contribution < 1.29 is 5.32 Å². The fraction of sp³-hybridized carbons (Fsp3) is 0.150. The van der Waals surface area contributed by atoms with Gasteiger partial charge in [-0.2, -0.15) is 0 Å². The second-order valence-corrected chi connectivity index (χ2v) is 8.01. The summed E-state index contributed by atoms with van der Waals surface area (Å²) >= 11 is 3.62. The first-order chi connectivity index (χ1) is 11.8. The third-order valence-corrected chi connectivity index (χ3v) is 6.17. The van der Waals surface area contributed by atoms with Gasteiger partial charge in [0.2, 0.25) is 0 Å². The molecule has 0 saturated carbocycles. The maximum Gasteiger partial charge on any atom is 0.148 e. The number of benzene rings is 2. The van der Waals surface area contributed by atoms with Crippen molar-refractivity contribution >= 4 is 32.9 Å². The number of hydrogen-bond acceptors (Lipinski definition) is 3. The fourth-order valence-corrected chi connectivity index (χ4v) is 4.68. The van der Waals surface area contributed by atoms with Crippen molar-refractivity contribution in [3.8, 4) is 0 Å². The summed E-state index contributed by atoms with van der Waals surface area (Å²) in [5.74, 6) is 0. The van der Waals surface area contributed by atoms with E-state index in [1.807, 2.05) is 11.3 Å². The van der Waals surface area contributed by atoms with Crippen molar-refractivity contribution in [2.24, 2.45) is 0 Å². The van der Waals surface area contributed by atoms with Gasteiger partial charge in [0.1, 0.15) is 17.6 Å². The second-order valence-electron chi connectivity index (χ2n) is 5.92. The van der Waals surface area contributed by atoms with Crippen LogP contribution >= 0.6 is 22.7 Å². The van der Waals surface area contributed by atoms with Crippen LogP contribution in [0.3, 0.4) is 0 Å². The summed E-state index contributed by atoms with van der Waals surface area (Å²) < 4.78 is 1.27. The molecule has 0 aliphatic rings. The van der Waals surface area contributed by atoms with Crippen molar-refractivity contribution in [3.05, 3.63) is 87.1 Å². The average molecular weight is 352 g/mol. The molecule has 4 rings (SSSR count). The number of thiophene rings is 1. The lowest BCUT2D eigenvalue weighted by Crippen LogP contribution is -2.83. The maximum atomic E-state index is 4.76.